The van der Waals surface area contributed by atoms with Crippen LogP contribution in [-0.2, 0) is 0 Å². The van der Waals surface area contributed by atoms with Crippen LogP contribution in [0.5, 0.6) is 0 Å². The molecule has 11 heavy (non-hydrogen) atoms. The fraction of sp³-hybridized carbons (Fsp3) is 0. The van der Waals surface area contributed by atoms with E-state index in [2.05, 4.69) is 14.9 Å². The van der Waals surface area contributed by atoms with Crippen molar-refractivity contribution >= 4 is 17.2 Å². The summed E-state index contributed by atoms with van der Waals surface area (Å²) in [6.07, 6.45) is 0. The first-order valence-corrected chi connectivity index (χ1v) is 3.88. The second-order valence-electron chi connectivity index (χ2n) is 1.98. The van der Waals surface area contributed by atoms with Crippen molar-refractivity contribution in [2.75, 3.05) is 5.73 Å². The van der Waals surface area contributed by atoms with Crippen LogP contribution in [-0.4, -0.2) is 10.3 Å². The van der Waals surface area contributed by atoms with Crippen LogP contribution in [0.15, 0.2) is 22.1 Å². The molecule has 0 spiro atoms. The maximum atomic E-state index is 5.47. The largest absolute Gasteiger partial charge is 0.379 e. The summed E-state index contributed by atoms with van der Waals surface area (Å²) < 4.78 is 4.45. The van der Waals surface area contributed by atoms with Gasteiger partial charge in [0.15, 0.2) is 11.5 Å². The van der Waals surface area contributed by atoms with Crippen LogP contribution in [0.25, 0.3) is 10.6 Å². The summed E-state index contributed by atoms with van der Waals surface area (Å²) >= 11 is 1.55. The van der Waals surface area contributed by atoms with Gasteiger partial charge in [-0.25, -0.2) is 4.63 Å². The third kappa shape index (κ3) is 0.988. The minimum absolute atomic E-state index is 0.340. The zero-order valence-electron chi connectivity index (χ0n) is 5.52. The van der Waals surface area contributed by atoms with Crippen LogP contribution in [0, 0.1) is 0 Å². The topological polar surface area (TPSA) is 64.9 Å². The number of rotatable bonds is 1. The molecule has 0 amide bonds. The summed E-state index contributed by atoms with van der Waals surface area (Å²) in [5, 5.41) is 9.08. The van der Waals surface area contributed by atoms with Crippen LogP contribution < -0.4 is 5.73 Å². The molecule has 0 aliphatic heterocycles. The van der Waals surface area contributed by atoms with Crippen LogP contribution in [0.2, 0.25) is 0 Å². The number of hydrogen-bond donors (Lipinski definition) is 1. The van der Waals surface area contributed by atoms with Crippen molar-refractivity contribution < 1.29 is 4.63 Å². The minimum atomic E-state index is 0.340. The summed E-state index contributed by atoms with van der Waals surface area (Å²) in [6, 6.07) is 3.84. The molecule has 2 rings (SSSR count). The highest BCUT2D eigenvalue weighted by atomic mass is 32.1. The lowest BCUT2D eigenvalue weighted by atomic mass is 10.3. The molecule has 2 aromatic rings. The average Bonchev–Trinajstić information content (AvgIpc) is 2.55. The Morgan fingerprint density at radius 3 is 2.91 bits per heavy atom. The van der Waals surface area contributed by atoms with Crippen molar-refractivity contribution in [3.8, 4) is 10.6 Å². The zero-order chi connectivity index (χ0) is 7.68. The van der Waals surface area contributed by atoms with Gasteiger partial charge in [-0.15, -0.1) is 11.3 Å². The van der Waals surface area contributed by atoms with E-state index < -0.39 is 0 Å². The number of nitrogens with zero attached hydrogens (tertiary/aromatic N) is 2. The van der Waals surface area contributed by atoms with Gasteiger partial charge in [0.2, 0.25) is 0 Å². The van der Waals surface area contributed by atoms with E-state index in [1.165, 1.54) is 0 Å². The van der Waals surface area contributed by atoms with Crippen LogP contribution in [0.1, 0.15) is 0 Å². The van der Waals surface area contributed by atoms with Gasteiger partial charge in [0.1, 0.15) is 0 Å². The summed E-state index contributed by atoms with van der Waals surface area (Å²) in [4.78, 5) is 0.976. The number of nitrogens with two attached hydrogens (primary N) is 1. The maximum Gasteiger partial charge on any atom is 0.197 e. The molecule has 0 fully saturated rings. The molecular weight excluding hydrogens is 162 g/mol. The Bertz CT molecular complexity index is 340. The second kappa shape index (κ2) is 2.35. The molecule has 56 valence electrons. The first-order chi connectivity index (χ1) is 5.38. The van der Waals surface area contributed by atoms with Crippen molar-refractivity contribution in [1.82, 2.24) is 10.3 Å². The van der Waals surface area contributed by atoms with E-state index in [1.54, 1.807) is 11.3 Å². The number of aromatic nitrogens is 2. The molecule has 0 aliphatic carbocycles. The lowest BCUT2D eigenvalue weighted by Crippen LogP contribution is -1.85. The maximum absolute atomic E-state index is 5.47. The van der Waals surface area contributed by atoms with E-state index in [0.29, 0.717) is 11.5 Å². The van der Waals surface area contributed by atoms with Crippen molar-refractivity contribution in [3.05, 3.63) is 17.5 Å². The molecule has 5 heteroatoms. The van der Waals surface area contributed by atoms with E-state index in [9.17, 15) is 0 Å². The van der Waals surface area contributed by atoms with E-state index in [1.807, 2.05) is 17.5 Å². The predicted octanol–water partition coefficient (Wildman–Crippen LogP) is 1.38. The molecule has 0 saturated carbocycles. The summed E-state index contributed by atoms with van der Waals surface area (Å²) in [5.74, 6) is 0.340. The van der Waals surface area contributed by atoms with Gasteiger partial charge in [-0.05, 0) is 21.8 Å². The Kier molecular flexibility index (Phi) is 1.36. The number of nitrogen functional groups attached to an aromatic ring is 1. The van der Waals surface area contributed by atoms with E-state index >= 15 is 0 Å². The Balaban J connectivity index is 2.53. The standard InChI is InChI=1S/C6H5N3OS/c7-6-5(8-10-9-6)4-2-1-3-11-4/h1-3H,(H2,7,9). The van der Waals surface area contributed by atoms with Gasteiger partial charge >= 0.3 is 0 Å². The van der Waals surface area contributed by atoms with Crippen molar-refractivity contribution in [1.29, 1.82) is 0 Å². The lowest BCUT2D eigenvalue weighted by Gasteiger charge is -1.85. The molecule has 0 bridgehead atoms. The lowest BCUT2D eigenvalue weighted by molar-refractivity contribution is 0.310. The van der Waals surface area contributed by atoms with Crippen LogP contribution in [0.3, 0.4) is 0 Å². The second-order valence-corrected chi connectivity index (χ2v) is 2.92. The Morgan fingerprint density at radius 1 is 1.45 bits per heavy atom. The fourth-order valence-electron chi connectivity index (χ4n) is 0.780. The molecule has 0 radical (unpaired) electrons. The first kappa shape index (κ1) is 6.36. The third-order valence-corrected chi connectivity index (χ3v) is 2.15. The molecule has 0 atom stereocenters. The minimum Gasteiger partial charge on any atom is -0.379 e. The fourth-order valence-corrected chi connectivity index (χ4v) is 1.49. The number of hydrogen-bond acceptors (Lipinski definition) is 5. The smallest absolute Gasteiger partial charge is 0.197 e. The molecule has 2 N–H and O–H groups in total. The highest BCUT2D eigenvalue weighted by Crippen LogP contribution is 2.25. The Labute approximate surface area is 66.6 Å². The highest BCUT2D eigenvalue weighted by Gasteiger charge is 2.08. The van der Waals surface area contributed by atoms with Gasteiger partial charge in [-0.3, -0.25) is 0 Å². The summed E-state index contributed by atoms with van der Waals surface area (Å²) in [6.45, 7) is 0. The summed E-state index contributed by atoms with van der Waals surface area (Å²) in [7, 11) is 0. The van der Waals surface area contributed by atoms with Gasteiger partial charge in [0.05, 0.1) is 4.88 Å². The number of thiophene rings is 1. The van der Waals surface area contributed by atoms with Gasteiger partial charge in [-0.1, -0.05) is 6.07 Å². The molecule has 4 nitrogen and oxygen atoms in total. The zero-order valence-corrected chi connectivity index (χ0v) is 6.34. The molecule has 2 heterocycles. The van der Waals surface area contributed by atoms with Gasteiger partial charge in [0, 0.05) is 0 Å². The average molecular weight is 167 g/mol. The van der Waals surface area contributed by atoms with Crippen molar-refractivity contribution in [3.63, 3.8) is 0 Å². The van der Waals surface area contributed by atoms with E-state index in [-0.39, 0.29) is 0 Å². The van der Waals surface area contributed by atoms with Crippen molar-refractivity contribution in [2.45, 2.75) is 0 Å². The SMILES string of the molecule is Nc1nonc1-c1cccs1. The van der Waals surface area contributed by atoms with E-state index in [4.69, 9.17) is 5.73 Å². The third-order valence-electron chi connectivity index (χ3n) is 1.27. The molecular formula is C6H5N3OS. The van der Waals surface area contributed by atoms with Gasteiger partial charge < -0.3 is 5.73 Å². The van der Waals surface area contributed by atoms with E-state index in [0.717, 1.165) is 4.88 Å². The summed E-state index contributed by atoms with van der Waals surface area (Å²) in [5.41, 5.74) is 6.10. The van der Waals surface area contributed by atoms with Crippen LogP contribution in [0.4, 0.5) is 5.82 Å². The Morgan fingerprint density at radius 2 is 2.36 bits per heavy atom. The van der Waals surface area contributed by atoms with Crippen LogP contribution >= 0.6 is 11.3 Å². The molecule has 0 saturated heterocycles. The highest BCUT2D eigenvalue weighted by molar-refractivity contribution is 7.13. The van der Waals surface area contributed by atoms with Crippen molar-refractivity contribution in [2.24, 2.45) is 0 Å². The van der Waals surface area contributed by atoms with Gasteiger partial charge in [-0.2, -0.15) is 0 Å². The molecule has 2 aromatic heterocycles. The molecule has 0 aromatic carbocycles. The number of anilines is 1. The molecule has 0 unspecified atom stereocenters. The van der Waals surface area contributed by atoms with Gasteiger partial charge in [0.25, 0.3) is 0 Å². The predicted molar refractivity (Wildman–Crippen MR) is 42.0 cm³/mol. The molecule has 0 aliphatic rings. The normalized spacial score (nSPS) is 10.2. The first-order valence-electron chi connectivity index (χ1n) is 3.00. The monoisotopic (exact) mass is 167 g/mol. The quantitative estimate of drug-likeness (QED) is 0.696. The Hall–Kier alpha value is -1.36.